The maximum atomic E-state index is 12.1. The van der Waals surface area contributed by atoms with E-state index in [1.807, 2.05) is 33.2 Å². The molecular weight excluding hydrogens is 246 g/mol. The van der Waals surface area contributed by atoms with Gasteiger partial charge in [-0.25, -0.2) is 4.98 Å². The van der Waals surface area contributed by atoms with E-state index < -0.39 is 0 Å². The fourth-order valence-electron chi connectivity index (χ4n) is 2.28. The molecule has 0 N–H and O–H groups in total. The molecule has 1 saturated heterocycles. The van der Waals surface area contributed by atoms with Crippen molar-refractivity contribution in [2.24, 2.45) is 0 Å². The molecule has 18 heavy (non-hydrogen) atoms. The fourth-order valence-corrected chi connectivity index (χ4v) is 3.02. The van der Waals surface area contributed by atoms with Crippen LogP contribution in [0, 0.1) is 0 Å². The highest BCUT2D eigenvalue weighted by Gasteiger charge is 2.19. The van der Waals surface area contributed by atoms with Crippen LogP contribution in [-0.4, -0.2) is 33.4 Å². The first-order chi connectivity index (χ1) is 8.84. The third-order valence-electron chi connectivity index (χ3n) is 3.22. The fraction of sp³-hybridized carbons (Fsp3) is 0.385. The number of rotatable bonds is 3. The van der Waals surface area contributed by atoms with Gasteiger partial charge in [-0.3, -0.25) is 4.79 Å². The Balaban J connectivity index is 1.77. The van der Waals surface area contributed by atoms with Crippen LogP contribution in [0.25, 0.3) is 10.7 Å². The number of carbonyl (C=O) groups excluding carboxylic acids is 1. The normalized spacial score (nSPS) is 15.2. The summed E-state index contributed by atoms with van der Waals surface area (Å²) < 4.78 is 1.94. The van der Waals surface area contributed by atoms with Crippen LogP contribution in [0.1, 0.15) is 12.8 Å². The maximum absolute atomic E-state index is 12.1. The minimum Gasteiger partial charge on any atom is -0.341 e. The molecule has 0 bridgehead atoms. The van der Waals surface area contributed by atoms with Crippen LogP contribution in [0.4, 0.5) is 0 Å². The molecule has 0 unspecified atom stereocenters. The van der Waals surface area contributed by atoms with Crippen LogP contribution >= 0.6 is 11.3 Å². The largest absolute Gasteiger partial charge is 0.341 e. The van der Waals surface area contributed by atoms with E-state index in [1.54, 1.807) is 17.5 Å². The molecule has 0 saturated carbocycles. The average Bonchev–Trinajstić information content (AvgIpc) is 3.11. The van der Waals surface area contributed by atoms with Gasteiger partial charge in [-0.1, -0.05) is 6.07 Å². The number of aromatic nitrogens is 2. The number of hydrogen-bond acceptors (Lipinski definition) is 3. The van der Waals surface area contributed by atoms with E-state index in [9.17, 15) is 4.79 Å². The van der Waals surface area contributed by atoms with Crippen molar-refractivity contribution < 1.29 is 4.79 Å². The summed E-state index contributed by atoms with van der Waals surface area (Å²) in [5.41, 5.74) is 0. The van der Waals surface area contributed by atoms with E-state index in [1.165, 1.54) is 0 Å². The van der Waals surface area contributed by atoms with Crippen molar-refractivity contribution in [2.75, 3.05) is 13.1 Å². The average molecular weight is 261 g/mol. The third-order valence-corrected chi connectivity index (χ3v) is 4.09. The van der Waals surface area contributed by atoms with Crippen molar-refractivity contribution >= 4 is 17.2 Å². The van der Waals surface area contributed by atoms with E-state index in [-0.39, 0.29) is 5.91 Å². The summed E-state index contributed by atoms with van der Waals surface area (Å²) in [4.78, 5) is 19.5. The summed E-state index contributed by atoms with van der Waals surface area (Å²) in [5, 5.41) is 2.02. The number of thiophene rings is 1. The summed E-state index contributed by atoms with van der Waals surface area (Å²) in [6.07, 6.45) is 5.90. The topological polar surface area (TPSA) is 38.1 Å². The lowest BCUT2D eigenvalue weighted by Gasteiger charge is -2.16. The number of imidazole rings is 1. The van der Waals surface area contributed by atoms with Gasteiger partial charge in [0, 0.05) is 25.5 Å². The van der Waals surface area contributed by atoms with Gasteiger partial charge in [0.25, 0.3) is 0 Å². The Morgan fingerprint density at radius 1 is 1.39 bits per heavy atom. The van der Waals surface area contributed by atoms with Gasteiger partial charge in [-0.15, -0.1) is 11.3 Å². The van der Waals surface area contributed by atoms with Crippen LogP contribution in [0.15, 0.2) is 29.9 Å². The molecule has 1 aliphatic rings. The smallest absolute Gasteiger partial charge is 0.242 e. The van der Waals surface area contributed by atoms with E-state index >= 15 is 0 Å². The van der Waals surface area contributed by atoms with Crippen molar-refractivity contribution in [3.63, 3.8) is 0 Å². The lowest BCUT2D eigenvalue weighted by Crippen LogP contribution is -2.31. The van der Waals surface area contributed by atoms with Crippen LogP contribution < -0.4 is 0 Å². The molecule has 3 rings (SSSR count). The Morgan fingerprint density at radius 2 is 2.22 bits per heavy atom. The minimum atomic E-state index is 0.198. The molecule has 0 aliphatic carbocycles. The van der Waals surface area contributed by atoms with Crippen LogP contribution in [0.3, 0.4) is 0 Å². The maximum Gasteiger partial charge on any atom is 0.242 e. The number of hydrogen-bond donors (Lipinski definition) is 0. The van der Waals surface area contributed by atoms with E-state index in [0.29, 0.717) is 6.54 Å². The molecule has 0 atom stereocenters. The zero-order valence-corrected chi connectivity index (χ0v) is 10.9. The Morgan fingerprint density at radius 3 is 2.94 bits per heavy atom. The number of amides is 1. The molecule has 0 aromatic carbocycles. The molecule has 3 heterocycles. The molecule has 5 heteroatoms. The summed E-state index contributed by atoms with van der Waals surface area (Å²) >= 11 is 1.65. The molecular formula is C13H15N3OS. The van der Waals surface area contributed by atoms with Gasteiger partial charge in [0.15, 0.2) is 0 Å². The SMILES string of the molecule is O=C(Cn1ccnc1-c1cccs1)N1CCCC1. The van der Waals surface area contributed by atoms with Gasteiger partial charge in [-0.2, -0.15) is 0 Å². The molecule has 1 amide bonds. The van der Waals surface area contributed by atoms with Gasteiger partial charge >= 0.3 is 0 Å². The second kappa shape index (κ2) is 4.94. The lowest BCUT2D eigenvalue weighted by atomic mass is 10.4. The molecule has 4 nitrogen and oxygen atoms in total. The van der Waals surface area contributed by atoms with Crippen molar-refractivity contribution in [3.8, 4) is 10.7 Å². The Bertz CT molecular complexity index is 526. The van der Waals surface area contributed by atoms with Gasteiger partial charge in [0.05, 0.1) is 4.88 Å². The van der Waals surface area contributed by atoms with E-state index in [4.69, 9.17) is 0 Å². The predicted octanol–water partition coefficient (Wildman–Crippen LogP) is 2.23. The van der Waals surface area contributed by atoms with Crippen LogP contribution in [0.5, 0.6) is 0 Å². The van der Waals surface area contributed by atoms with Crippen LogP contribution in [0.2, 0.25) is 0 Å². The van der Waals surface area contributed by atoms with Crippen molar-refractivity contribution in [3.05, 3.63) is 29.9 Å². The molecule has 0 spiro atoms. The second-order valence-electron chi connectivity index (χ2n) is 4.44. The van der Waals surface area contributed by atoms with E-state index in [0.717, 1.165) is 36.6 Å². The first kappa shape index (κ1) is 11.5. The molecule has 2 aromatic rings. The highest BCUT2D eigenvalue weighted by molar-refractivity contribution is 7.13. The molecule has 94 valence electrons. The number of likely N-dealkylation sites (tertiary alicyclic amines) is 1. The quantitative estimate of drug-likeness (QED) is 0.850. The standard InChI is InChI=1S/C13H15N3OS/c17-12(15-6-1-2-7-15)10-16-8-5-14-13(16)11-4-3-9-18-11/h3-5,8-9H,1-2,6-7,10H2. The number of carbonyl (C=O) groups is 1. The molecule has 1 fully saturated rings. The minimum absolute atomic E-state index is 0.198. The summed E-state index contributed by atoms with van der Waals surface area (Å²) in [7, 11) is 0. The van der Waals surface area contributed by atoms with Crippen molar-refractivity contribution in [2.45, 2.75) is 19.4 Å². The van der Waals surface area contributed by atoms with Crippen LogP contribution in [-0.2, 0) is 11.3 Å². The van der Waals surface area contributed by atoms with Gasteiger partial charge < -0.3 is 9.47 Å². The first-order valence-corrected chi connectivity index (χ1v) is 7.05. The van der Waals surface area contributed by atoms with Gasteiger partial charge in [0.2, 0.25) is 5.91 Å². The third kappa shape index (κ3) is 2.18. The number of nitrogens with zero attached hydrogens (tertiary/aromatic N) is 3. The predicted molar refractivity (Wildman–Crippen MR) is 71.4 cm³/mol. The summed E-state index contributed by atoms with van der Waals surface area (Å²) in [6, 6.07) is 4.03. The molecule has 1 aliphatic heterocycles. The van der Waals surface area contributed by atoms with Crippen molar-refractivity contribution in [1.29, 1.82) is 0 Å². The van der Waals surface area contributed by atoms with Crippen molar-refractivity contribution in [1.82, 2.24) is 14.5 Å². The Hall–Kier alpha value is -1.62. The molecule has 0 radical (unpaired) electrons. The Labute approximate surface area is 110 Å². The Kier molecular flexibility index (Phi) is 3.15. The zero-order valence-electron chi connectivity index (χ0n) is 10.1. The van der Waals surface area contributed by atoms with E-state index in [2.05, 4.69) is 4.98 Å². The van der Waals surface area contributed by atoms with Gasteiger partial charge in [0.1, 0.15) is 12.4 Å². The lowest BCUT2D eigenvalue weighted by molar-refractivity contribution is -0.130. The monoisotopic (exact) mass is 261 g/mol. The van der Waals surface area contributed by atoms with Gasteiger partial charge in [-0.05, 0) is 24.3 Å². The highest BCUT2D eigenvalue weighted by Crippen LogP contribution is 2.23. The summed E-state index contributed by atoms with van der Waals surface area (Å²) in [5.74, 6) is 1.08. The highest BCUT2D eigenvalue weighted by atomic mass is 32.1. The zero-order chi connectivity index (χ0) is 12.4. The second-order valence-corrected chi connectivity index (χ2v) is 5.39. The summed E-state index contributed by atoms with van der Waals surface area (Å²) in [6.45, 7) is 2.21. The first-order valence-electron chi connectivity index (χ1n) is 6.17. The molecule has 2 aromatic heterocycles.